The Morgan fingerprint density at radius 1 is 1.16 bits per heavy atom. The minimum absolute atomic E-state index is 0. The van der Waals surface area contributed by atoms with E-state index in [1.54, 1.807) is 0 Å². The molecule has 2 aliphatic heterocycles. The molecular weight excluding hydrogens is 433 g/mol. The van der Waals surface area contributed by atoms with Gasteiger partial charge in [-0.25, -0.2) is 4.39 Å². The molecule has 2 aromatic carbocycles. The number of carbonyl (C=O) groups is 2. The van der Waals surface area contributed by atoms with Crippen LogP contribution in [0.2, 0.25) is 0 Å². The molecule has 9 heteroatoms. The van der Waals surface area contributed by atoms with Crippen molar-refractivity contribution in [3.63, 3.8) is 0 Å². The zero-order valence-electron chi connectivity index (χ0n) is 17.6. The van der Waals surface area contributed by atoms with Gasteiger partial charge >= 0.3 is 5.69 Å². The van der Waals surface area contributed by atoms with Gasteiger partial charge in [-0.15, -0.1) is 0 Å². The number of benzene rings is 2. The molecule has 7 nitrogen and oxygen atoms in total. The maximum atomic E-state index is 13.3. The molecule has 0 atom stereocenters. The molecule has 1 spiro atoms. The van der Waals surface area contributed by atoms with E-state index in [0.29, 0.717) is 13.1 Å². The number of diazo groups is 1. The van der Waals surface area contributed by atoms with Crippen LogP contribution in [0.4, 0.5) is 15.8 Å². The molecule has 0 aromatic heterocycles. The summed E-state index contributed by atoms with van der Waals surface area (Å²) in [7, 11) is 0. The van der Waals surface area contributed by atoms with Crippen molar-refractivity contribution in [1.29, 1.82) is 5.39 Å². The molecule has 0 radical (unpaired) electrons. The Morgan fingerprint density at radius 3 is 2.56 bits per heavy atom. The molecule has 0 bridgehead atoms. The number of hydrogen-bond acceptors (Lipinski definition) is 5. The van der Waals surface area contributed by atoms with Gasteiger partial charge in [0, 0.05) is 25.2 Å². The maximum absolute atomic E-state index is 13.3. The summed E-state index contributed by atoms with van der Waals surface area (Å²) in [6.07, 6.45) is 2.38. The molecule has 32 heavy (non-hydrogen) atoms. The van der Waals surface area contributed by atoms with Crippen molar-refractivity contribution in [2.75, 3.05) is 31.2 Å². The van der Waals surface area contributed by atoms with Crippen LogP contribution in [0.5, 0.6) is 0 Å². The number of ketones is 1. The van der Waals surface area contributed by atoms with E-state index in [1.165, 1.54) is 12.1 Å². The first kappa shape index (κ1) is 23.6. The highest BCUT2D eigenvalue weighted by Crippen LogP contribution is 2.36. The van der Waals surface area contributed by atoms with Crippen molar-refractivity contribution >= 4 is 23.1 Å². The number of hydrogen-bond donors (Lipinski definition) is 1. The zero-order chi connectivity index (χ0) is 21.8. The van der Waals surface area contributed by atoms with Gasteiger partial charge in [0.1, 0.15) is 16.9 Å². The fourth-order valence-electron chi connectivity index (χ4n) is 4.60. The third kappa shape index (κ3) is 4.59. The van der Waals surface area contributed by atoms with E-state index < -0.39 is 11.4 Å². The summed E-state index contributed by atoms with van der Waals surface area (Å²) >= 11 is 0. The van der Waals surface area contributed by atoms with E-state index in [0.717, 1.165) is 44.2 Å². The lowest BCUT2D eigenvalue weighted by Gasteiger charge is -2.43. The van der Waals surface area contributed by atoms with Gasteiger partial charge in [0.15, 0.2) is 10.8 Å². The van der Waals surface area contributed by atoms with Crippen LogP contribution in [-0.2, 0) is 4.79 Å². The van der Waals surface area contributed by atoms with Crippen molar-refractivity contribution in [2.45, 2.75) is 31.2 Å². The number of nitrogens with one attached hydrogen (secondary N) is 1. The van der Waals surface area contributed by atoms with Crippen LogP contribution in [0.1, 0.15) is 36.0 Å². The van der Waals surface area contributed by atoms with E-state index in [1.807, 2.05) is 30.3 Å². The molecule has 2 heterocycles. The zero-order valence-corrected chi connectivity index (χ0v) is 18.4. The van der Waals surface area contributed by atoms with E-state index in [9.17, 15) is 14.0 Å². The Hall–Kier alpha value is -3.02. The maximum Gasteiger partial charge on any atom is 0.398 e. The molecule has 2 aliphatic rings. The highest BCUT2D eigenvalue weighted by Gasteiger charge is 2.50. The van der Waals surface area contributed by atoms with E-state index in [4.69, 9.17) is 5.39 Å². The summed E-state index contributed by atoms with van der Waals surface area (Å²) in [5.41, 5.74) is 0.712. The van der Waals surface area contributed by atoms with Crippen molar-refractivity contribution < 1.29 is 26.4 Å². The Bertz CT molecular complexity index is 1020. The molecule has 4 rings (SSSR count). The lowest BCUT2D eigenvalue weighted by atomic mass is 9.85. The summed E-state index contributed by atoms with van der Waals surface area (Å²) in [5, 5.41) is 12.0. The first-order valence-electron chi connectivity index (χ1n) is 10.5. The van der Waals surface area contributed by atoms with Crippen LogP contribution in [0.3, 0.4) is 0 Å². The molecule has 168 valence electrons. The summed E-state index contributed by atoms with van der Waals surface area (Å²) in [5.74, 6) is -0.637. The Kier molecular flexibility index (Phi) is 7.44. The number of anilines is 1. The minimum atomic E-state index is -0.549. The second-order valence-electron chi connectivity index (χ2n) is 8.09. The third-order valence-corrected chi connectivity index (χ3v) is 6.33. The monoisotopic (exact) mass is 457 g/mol. The van der Waals surface area contributed by atoms with Crippen LogP contribution >= 0.6 is 0 Å². The predicted octanol–water partition coefficient (Wildman–Crippen LogP) is 0.706. The quantitative estimate of drug-likeness (QED) is 0.510. The second-order valence-corrected chi connectivity index (χ2v) is 8.09. The van der Waals surface area contributed by atoms with Crippen molar-refractivity contribution in [3.05, 3.63) is 64.9 Å². The fraction of sp³-hybridized carbons (Fsp3) is 0.391. The van der Waals surface area contributed by atoms with Gasteiger partial charge in [0.05, 0.1) is 12.7 Å². The molecule has 2 saturated heterocycles. The minimum Gasteiger partial charge on any atom is -1.00 e. The van der Waals surface area contributed by atoms with E-state index in [-0.39, 0.29) is 41.8 Å². The largest absolute Gasteiger partial charge is 1.00 e. The van der Waals surface area contributed by atoms with Gasteiger partial charge in [-0.2, -0.15) is 0 Å². The Balaban J connectivity index is 0.00000289. The number of likely N-dealkylation sites (tertiary alicyclic amines) is 1. The van der Waals surface area contributed by atoms with Gasteiger partial charge in [-0.05, 0) is 50.1 Å². The average Bonchev–Trinajstić information content (AvgIpc) is 3.11. The molecule has 2 aromatic rings. The van der Waals surface area contributed by atoms with Gasteiger partial charge < -0.3 is 27.5 Å². The van der Waals surface area contributed by atoms with Crippen molar-refractivity contribution in [1.82, 2.24) is 10.2 Å². The molecule has 0 unspecified atom stereocenters. The fourth-order valence-corrected chi connectivity index (χ4v) is 4.60. The number of nitrogens with zero attached hydrogens (tertiary/aromatic N) is 4. The molecule has 2 fully saturated rings. The number of piperidine rings is 1. The molecular formula is C23H25ClFN5O2. The first-order chi connectivity index (χ1) is 15.0. The SMILES string of the molecule is N#[N+]c1cc(F)ccc1C(=O)CCCN1CCC2(CC1)C(=O)NCN2c1ccccc1.[Cl-]. The number of carbonyl (C=O) groups excluding carboxylic acids is 2. The highest BCUT2D eigenvalue weighted by atomic mass is 35.5. The highest BCUT2D eigenvalue weighted by molar-refractivity contribution is 6.01. The first-order valence-corrected chi connectivity index (χ1v) is 10.5. The number of para-hydroxylation sites is 1. The van der Waals surface area contributed by atoms with E-state index in [2.05, 4.69) is 20.1 Å². The lowest BCUT2D eigenvalue weighted by Crippen LogP contribution is -3.00. The van der Waals surface area contributed by atoms with Crippen LogP contribution < -0.4 is 22.6 Å². The number of Topliss-reactive ketones (excluding diaryl/α,β-unsaturated/α-hetero) is 1. The number of rotatable bonds is 6. The molecule has 0 aliphatic carbocycles. The van der Waals surface area contributed by atoms with Crippen molar-refractivity contribution in [2.24, 2.45) is 0 Å². The van der Waals surface area contributed by atoms with Crippen LogP contribution in [0, 0.1) is 11.2 Å². The average molecular weight is 458 g/mol. The van der Waals surface area contributed by atoms with Gasteiger partial charge in [0.25, 0.3) is 0 Å². The van der Waals surface area contributed by atoms with Gasteiger partial charge in [0.2, 0.25) is 11.3 Å². The standard InChI is InChI=1S/C23H24FN5O2.ClH/c24-17-8-9-19(20(15-17)27-25)21(30)7-4-12-28-13-10-23(11-14-28)22(31)26-16-29(23)18-5-2-1-3-6-18;/h1-3,5-6,8-9,15H,4,7,10-14,16H2;1H. The summed E-state index contributed by atoms with van der Waals surface area (Å²) < 4.78 is 13.3. The second kappa shape index (κ2) is 10.1. The van der Waals surface area contributed by atoms with Gasteiger partial charge in [-0.1, -0.05) is 18.2 Å². The van der Waals surface area contributed by atoms with Crippen molar-refractivity contribution in [3.8, 4) is 0 Å². The molecule has 1 N–H and O–H groups in total. The van der Waals surface area contributed by atoms with Crippen LogP contribution in [0.15, 0.2) is 48.5 Å². The normalized spacial score (nSPS) is 17.5. The topological polar surface area (TPSA) is 80.8 Å². The summed E-state index contributed by atoms with van der Waals surface area (Å²) in [6, 6.07) is 13.6. The third-order valence-electron chi connectivity index (χ3n) is 6.33. The van der Waals surface area contributed by atoms with Gasteiger partial charge in [-0.3, -0.25) is 9.59 Å². The Morgan fingerprint density at radius 2 is 1.88 bits per heavy atom. The molecule has 1 amide bonds. The Labute approximate surface area is 192 Å². The predicted molar refractivity (Wildman–Crippen MR) is 115 cm³/mol. The van der Waals surface area contributed by atoms with Crippen LogP contribution in [-0.4, -0.2) is 48.4 Å². The lowest BCUT2D eigenvalue weighted by molar-refractivity contribution is -0.125. The number of halogens is 2. The number of amides is 1. The van der Waals surface area contributed by atoms with Crippen LogP contribution in [0.25, 0.3) is 4.98 Å². The van der Waals surface area contributed by atoms with E-state index >= 15 is 0 Å². The molecule has 0 saturated carbocycles. The summed E-state index contributed by atoms with van der Waals surface area (Å²) in [6.45, 7) is 2.81. The summed E-state index contributed by atoms with van der Waals surface area (Å²) in [4.78, 5) is 32.6. The smallest absolute Gasteiger partial charge is 0.398 e.